The summed E-state index contributed by atoms with van der Waals surface area (Å²) < 4.78 is 5.35. The first-order chi connectivity index (χ1) is 5.44. The molecule has 0 aromatic carbocycles. The lowest BCUT2D eigenvalue weighted by atomic mass is 9.85. The highest BCUT2D eigenvalue weighted by atomic mass is 16.6. The van der Waals surface area contributed by atoms with Gasteiger partial charge in [0, 0.05) is 0 Å². The number of ether oxygens (including phenoxy) is 1. The number of fused-ring (bicyclic) bond motifs is 1. The summed E-state index contributed by atoms with van der Waals surface area (Å²) in [7, 11) is 0. The quantitative estimate of drug-likeness (QED) is 0.561. The average molecular weight is 168 g/mol. The third-order valence-corrected chi connectivity index (χ3v) is 2.98. The third-order valence-electron chi connectivity index (χ3n) is 2.98. The highest BCUT2D eigenvalue weighted by Crippen LogP contribution is 2.68. The summed E-state index contributed by atoms with van der Waals surface area (Å²) in [5.74, 6) is 0.721. The fourth-order valence-corrected chi connectivity index (χ4v) is 2.01. The van der Waals surface area contributed by atoms with Gasteiger partial charge in [-0.1, -0.05) is 0 Å². The van der Waals surface area contributed by atoms with E-state index in [-0.39, 0.29) is 17.0 Å². The molecule has 12 heavy (non-hydrogen) atoms. The minimum atomic E-state index is -0.311. The van der Waals surface area contributed by atoms with Crippen LogP contribution in [0.2, 0.25) is 0 Å². The Hall–Kier alpha value is -0.530. The second kappa shape index (κ2) is 2.04. The summed E-state index contributed by atoms with van der Waals surface area (Å²) in [6.07, 6.45) is 3.38. The molecule has 0 spiro atoms. The molecule has 0 heterocycles. The molecule has 2 atom stereocenters. The molecule has 0 bridgehead atoms. The molecule has 2 rings (SSSR count). The molecule has 2 aliphatic rings. The second-order valence-electron chi connectivity index (χ2n) is 5.10. The van der Waals surface area contributed by atoms with Gasteiger partial charge in [-0.2, -0.15) is 0 Å². The Labute approximate surface area is 73.3 Å². The molecular weight excluding hydrogens is 152 g/mol. The van der Waals surface area contributed by atoms with Crippen LogP contribution in [0.3, 0.4) is 0 Å². The molecule has 0 aromatic heterocycles. The molecule has 2 saturated carbocycles. The number of hydrogen-bond acceptors (Lipinski definition) is 2. The summed E-state index contributed by atoms with van der Waals surface area (Å²) in [4.78, 5) is 11.6. The molecule has 2 nitrogen and oxygen atoms in total. The van der Waals surface area contributed by atoms with Crippen LogP contribution >= 0.6 is 0 Å². The van der Waals surface area contributed by atoms with Crippen molar-refractivity contribution in [3.05, 3.63) is 0 Å². The van der Waals surface area contributed by atoms with E-state index in [0.29, 0.717) is 5.92 Å². The van der Waals surface area contributed by atoms with E-state index in [4.69, 9.17) is 4.74 Å². The van der Waals surface area contributed by atoms with Crippen molar-refractivity contribution in [1.29, 1.82) is 0 Å². The molecule has 2 fully saturated rings. The van der Waals surface area contributed by atoms with Crippen molar-refractivity contribution < 1.29 is 9.53 Å². The zero-order valence-electron chi connectivity index (χ0n) is 8.02. The normalized spacial score (nSPS) is 38.1. The predicted octanol–water partition coefficient (Wildman–Crippen LogP) is 2.13. The molecule has 2 unspecified atom stereocenters. The lowest BCUT2D eigenvalue weighted by Gasteiger charge is -2.28. The lowest BCUT2D eigenvalue weighted by molar-refractivity contribution is -0.165. The van der Waals surface area contributed by atoms with E-state index < -0.39 is 0 Å². The Morgan fingerprint density at radius 3 is 2.42 bits per heavy atom. The highest BCUT2D eigenvalue weighted by molar-refractivity contribution is 5.82. The summed E-state index contributed by atoms with van der Waals surface area (Å²) >= 11 is 0. The van der Waals surface area contributed by atoms with Crippen molar-refractivity contribution in [2.75, 3.05) is 0 Å². The molecule has 0 aliphatic heterocycles. The maximum Gasteiger partial charge on any atom is 0.312 e. The van der Waals surface area contributed by atoms with Crippen molar-refractivity contribution in [3.8, 4) is 0 Å². The predicted molar refractivity (Wildman–Crippen MR) is 45.6 cm³/mol. The smallest absolute Gasteiger partial charge is 0.312 e. The van der Waals surface area contributed by atoms with E-state index in [9.17, 15) is 4.79 Å². The number of hydrogen-bond donors (Lipinski definition) is 0. The molecule has 2 heteroatoms. The van der Waals surface area contributed by atoms with Gasteiger partial charge < -0.3 is 4.74 Å². The van der Waals surface area contributed by atoms with Crippen LogP contribution in [0.1, 0.15) is 40.0 Å². The molecule has 0 amide bonds. The standard InChI is InChI=1S/C10H16O2/c1-9(2,3)12-8(11)10-5-4-7(10)6-10/h7H,4-6H2,1-3H3. The third kappa shape index (κ3) is 1.05. The van der Waals surface area contributed by atoms with E-state index in [1.54, 1.807) is 0 Å². The molecule has 0 saturated heterocycles. The topological polar surface area (TPSA) is 26.3 Å². The molecule has 2 aliphatic carbocycles. The monoisotopic (exact) mass is 168 g/mol. The van der Waals surface area contributed by atoms with Gasteiger partial charge in [-0.3, -0.25) is 4.79 Å². The van der Waals surface area contributed by atoms with Gasteiger partial charge in [0.1, 0.15) is 5.60 Å². The van der Waals surface area contributed by atoms with Crippen LogP contribution < -0.4 is 0 Å². The van der Waals surface area contributed by atoms with Gasteiger partial charge in [0.15, 0.2) is 0 Å². The number of carbonyl (C=O) groups excluding carboxylic acids is 1. The Bertz CT molecular complexity index is 222. The first kappa shape index (κ1) is 8.09. The van der Waals surface area contributed by atoms with Crippen molar-refractivity contribution in [2.45, 2.75) is 45.6 Å². The number of carbonyl (C=O) groups is 1. The summed E-state index contributed by atoms with van der Waals surface area (Å²) in [6.45, 7) is 5.78. The highest BCUT2D eigenvalue weighted by Gasteiger charge is 2.67. The summed E-state index contributed by atoms with van der Waals surface area (Å²) in [6, 6.07) is 0. The molecule has 0 radical (unpaired) electrons. The summed E-state index contributed by atoms with van der Waals surface area (Å²) in [5, 5.41) is 0. The summed E-state index contributed by atoms with van der Waals surface area (Å²) in [5.41, 5.74) is -0.318. The van der Waals surface area contributed by atoms with Crippen LogP contribution in [0, 0.1) is 11.3 Å². The lowest BCUT2D eigenvalue weighted by Crippen LogP contribution is -2.33. The van der Waals surface area contributed by atoms with Crippen molar-refractivity contribution >= 4 is 5.97 Å². The van der Waals surface area contributed by atoms with Crippen LogP contribution in [0.5, 0.6) is 0 Å². The number of rotatable bonds is 1. The SMILES string of the molecule is CC(C)(C)OC(=O)C12CCC1C2. The molecule has 68 valence electrons. The van der Waals surface area contributed by atoms with Gasteiger partial charge in [-0.15, -0.1) is 0 Å². The van der Waals surface area contributed by atoms with E-state index in [2.05, 4.69) is 0 Å². The van der Waals surface area contributed by atoms with Gasteiger partial charge in [0.2, 0.25) is 0 Å². The van der Waals surface area contributed by atoms with E-state index >= 15 is 0 Å². The zero-order chi connectivity index (χ0) is 8.98. The van der Waals surface area contributed by atoms with Crippen LogP contribution in [0.15, 0.2) is 0 Å². The zero-order valence-corrected chi connectivity index (χ0v) is 8.02. The van der Waals surface area contributed by atoms with Crippen LogP contribution in [0.4, 0.5) is 0 Å². The van der Waals surface area contributed by atoms with Gasteiger partial charge in [-0.05, 0) is 46.0 Å². The Kier molecular flexibility index (Phi) is 1.37. The maximum absolute atomic E-state index is 11.6. The first-order valence-corrected chi connectivity index (χ1v) is 4.67. The largest absolute Gasteiger partial charge is 0.460 e. The molecule has 0 aromatic rings. The first-order valence-electron chi connectivity index (χ1n) is 4.67. The van der Waals surface area contributed by atoms with E-state index in [1.807, 2.05) is 20.8 Å². The Morgan fingerprint density at radius 2 is 2.17 bits per heavy atom. The van der Waals surface area contributed by atoms with Crippen LogP contribution in [-0.4, -0.2) is 11.6 Å². The fourth-order valence-electron chi connectivity index (χ4n) is 2.01. The minimum absolute atomic E-state index is 0.00667. The van der Waals surface area contributed by atoms with Crippen molar-refractivity contribution in [1.82, 2.24) is 0 Å². The van der Waals surface area contributed by atoms with Crippen molar-refractivity contribution in [3.63, 3.8) is 0 Å². The van der Waals surface area contributed by atoms with Gasteiger partial charge in [0.25, 0.3) is 0 Å². The van der Waals surface area contributed by atoms with Gasteiger partial charge in [-0.25, -0.2) is 0 Å². The van der Waals surface area contributed by atoms with E-state index in [0.717, 1.165) is 12.8 Å². The van der Waals surface area contributed by atoms with Crippen molar-refractivity contribution in [2.24, 2.45) is 11.3 Å². The van der Waals surface area contributed by atoms with Crippen LogP contribution in [-0.2, 0) is 9.53 Å². The fraction of sp³-hybridized carbons (Fsp3) is 0.900. The van der Waals surface area contributed by atoms with Gasteiger partial charge in [0.05, 0.1) is 5.41 Å². The number of esters is 1. The molecular formula is C10H16O2. The Balaban J connectivity index is 1.94. The average Bonchev–Trinajstić information content (AvgIpc) is 2.31. The Morgan fingerprint density at radius 1 is 1.50 bits per heavy atom. The van der Waals surface area contributed by atoms with E-state index in [1.165, 1.54) is 6.42 Å². The minimum Gasteiger partial charge on any atom is -0.460 e. The second-order valence-corrected chi connectivity index (χ2v) is 5.10. The maximum atomic E-state index is 11.6. The molecule has 0 N–H and O–H groups in total. The van der Waals surface area contributed by atoms with Crippen LogP contribution in [0.25, 0.3) is 0 Å². The van der Waals surface area contributed by atoms with Gasteiger partial charge >= 0.3 is 5.97 Å².